The first-order chi connectivity index (χ1) is 12.1. The molecule has 0 fully saturated rings. The molecule has 0 aliphatic carbocycles. The first-order valence-electron chi connectivity index (χ1n) is 8.15. The number of halogens is 1. The van der Waals surface area contributed by atoms with Crippen molar-refractivity contribution in [3.8, 4) is 0 Å². The Morgan fingerprint density at radius 3 is 2.36 bits per heavy atom. The van der Waals surface area contributed by atoms with Crippen molar-refractivity contribution in [1.29, 1.82) is 0 Å². The fourth-order valence-electron chi connectivity index (χ4n) is 3.29. The maximum atomic E-state index is 11.4. The molecule has 1 aromatic heterocycles. The fourth-order valence-corrected chi connectivity index (χ4v) is 3.65. The van der Waals surface area contributed by atoms with Gasteiger partial charge >= 0.3 is 0 Å². The Labute approximate surface area is 154 Å². The molecule has 0 saturated carbocycles. The number of rotatable bonds is 3. The molecule has 0 bridgehead atoms. The van der Waals surface area contributed by atoms with Gasteiger partial charge in [-0.05, 0) is 42.0 Å². The van der Waals surface area contributed by atoms with Crippen molar-refractivity contribution in [3.63, 3.8) is 0 Å². The number of hydrogen-bond donors (Lipinski definition) is 1. The standard InChI is InChI=1S/C21H17BrN2O/c1-14(25)23-17-8-10-21-19(12-17)18-11-16(22)7-9-20(18)24(21)13-15-5-3-2-4-6-15/h2-12H,13H2,1H3,(H,23,25). The number of nitrogens with one attached hydrogen (secondary N) is 1. The molecule has 1 amide bonds. The molecule has 3 aromatic carbocycles. The van der Waals surface area contributed by atoms with Gasteiger partial charge in [0.05, 0.1) is 0 Å². The van der Waals surface area contributed by atoms with Gasteiger partial charge in [-0.1, -0.05) is 46.3 Å². The highest BCUT2D eigenvalue weighted by Gasteiger charge is 2.12. The Balaban J connectivity index is 1.95. The van der Waals surface area contributed by atoms with E-state index in [4.69, 9.17) is 0 Å². The third kappa shape index (κ3) is 3.05. The molecule has 0 atom stereocenters. The van der Waals surface area contributed by atoms with Gasteiger partial charge in [0.2, 0.25) is 5.91 Å². The van der Waals surface area contributed by atoms with Gasteiger partial charge in [0.25, 0.3) is 0 Å². The van der Waals surface area contributed by atoms with E-state index in [0.717, 1.165) is 27.6 Å². The molecule has 4 rings (SSSR count). The molecule has 0 spiro atoms. The molecular formula is C21H17BrN2O. The third-order valence-electron chi connectivity index (χ3n) is 4.33. The average molecular weight is 393 g/mol. The van der Waals surface area contributed by atoms with Gasteiger partial charge in [-0.25, -0.2) is 0 Å². The zero-order chi connectivity index (χ0) is 17.4. The molecule has 0 saturated heterocycles. The first-order valence-corrected chi connectivity index (χ1v) is 8.94. The summed E-state index contributed by atoms with van der Waals surface area (Å²) < 4.78 is 3.37. The number of hydrogen-bond acceptors (Lipinski definition) is 1. The van der Waals surface area contributed by atoms with Crippen molar-refractivity contribution in [2.75, 3.05) is 5.32 Å². The number of carbonyl (C=O) groups excluding carboxylic acids is 1. The maximum absolute atomic E-state index is 11.4. The van der Waals surface area contributed by atoms with Gasteiger partial charge in [-0.2, -0.15) is 0 Å². The molecule has 0 aliphatic heterocycles. The summed E-state index contributed by atoms with van der Waals surface area (Å²) >= 11 is 3.57. The van der Waals surface area contributed by atoms with E-state index < -0.39 is 0 Å². The van der Waals surface area contributed by atoms with Crippen LogP contribution in [0.4, 0.5) is 5.69 Å². The third-order valence-corrected chi connectivity index (χ3v) is 4.82. The Hall–Kier alpha value is -2.59. The molecule has 0 aliphatic rings. The second-order valence-corrected chi connectivity index (χ2v) is 7.06. The molecule has 1 heterocycles. The molecular weight excluding hydrogens is 376 g/mol. The lowest BCUT2D eigenvalue weighted by molar-refractivity contribution is -0.114. The lowest BCUT2D eigenvalue weighted by Crippen LogP contribution is -2.05. The average Bonchev–Trinajstić information content (AvgIpc) is 2.88. The quantitative estimate of drug-likeness (QED) is 0.486. The topological polar surface area (TPSA) is 34.0 Å². The summed E-state index contributed by atoms with van der Waals surface area (Å²) in [6.07, 6.45) is 0. The second kappa shape index (κ2) is 6.37. The van der Waals surface area contributed by atoms with Crippen LogP contribution < -0.4 is 5.32 Å². The number of carbonyl (C=O) groups is 1. The minimum Gasteiger partial charge on any atom is -0.336 e. The normalized spacial score (nSPS) is 11.1. The van der Waals surface area contributed by atoms with Crippen LogP contribution in [0.1, 0.15) is 12.5 Å². The van der Waals surface area contributed by atoms with E-state index in [1.165, 1.54) is 23.4 Å². The largest absolute Gasteiger partial charge is 0.336 e. The summed E-state index contributed by atoms with van der Waals surface area (Å²) in [7, 11) is 0. The number of benzene rings is 3. The number of fused-ring (bicyclic) bond motifs is 3. The summed E-state index contributed by atoms with van der Waals surface area (Å²) in [4.78, 5) is 11.4. The van der Waals surface area contributed by atoms with Crippen LogP contribution in [0.15, 0.2) is 71.2 Å². The predicted molar refractivity (Wildman–Crippen MR) is 107 cm³/mol. The van der Waals surface area contributed by atoms with Crippen LogP contribution in [0.3, 0.4) is 0 Å². The smallest absolute Gasteiger partial charge is 0.221 e. The van der Waals surface area contributed by atoms with Crippen molar-refractivity contribution in [1.82, 2.24) is 4.57 Å². The van der Waals surface area contributed by atoms with Gasteiger partial charge in [-0.15, -0.1) is 0 Å². The van der Waals surface area contributed by atoms with E-state index in [-0.39, 0.29) is 5.91 Å². The molecule has 1 N–H and O–H groups in total. The van der Waals surface area contributed by atoms with Crippen molar-refractivity contribution in [3.05, 3.63) is 76.8 Å². The highest BCUT2D eigenvalue weighted by Crippen LogP contribution is 2.33. The SMILES string of the molecule is CC(=O)Nc1ccc2c(c1)c1cc(Br)ccc1n2Cc1ccccc1. The lowest BCUT2D eigenvalue weighted by atomic mass is 10.1. The zero-order valence-corrected chi connectivity index (χ0v) is 15.4. The Bertz CT molecular complexity index is 1080. The van der Waals surface area contributed by atoms with Crippen molar-refractivity contribution >= 4 is 49.3 Å². The monoisotopic (exact) mass is 392 g/mol. The van der Waals surface area contributed by atoms with Gasteiger partial charge in [0, 0.05) is 45.4 Å². The Kier molecular flexibility index (Phi) is 4.06. The van der Waals surface area contributed by atoms with E-state index in [2.05, 4.69) is 74.3 Å². The highest BCUT2D eigenvalue weighted by atomic mass is 79.9. The van der Waals surface area contributed by atoms with Crippen molar-refractivity contribution < 1.29 is 4.79 Å². The summed E-state index contributed by atoms with van der Waals surface area (Å²) in [6, 6.07) is 22.9. The number of anilines is 1. The van der Waals surface area contributed by atoms with Gasteiger partial charge in [0.1, 0.15) is 0 Å². The van der Waals surface area contributed by atoms with E-state index in [1.54, 1.807) is 0 Å². The maximum Gasteiger partial charge on any atom is 0.221 e. The second-order valence-electron chi connectivity index (χ2n) is 6.15. The van der Waals surface area contributed by atoms with E-state index in [0.29, 0.717) is 0 Å². The summed E-state index contributed by atoms with van der Waals surface area (Å²) in [6.45, 7) is 2.33. The Morgan fingerprint density at radius 1 is 0.960 bits per heavy atom. The molecule has 3 nitrogen and oxygen atoms in total. The van der Waals surface area contributed by atoms with E-state index in [1.807, 2.05) is 18.2 Å². The summed E-state index contributed by atoms with van der Waals surface area (Å²) in [5.74, 6) is -0.0615. The van der Waals surface area contributed by atoms with Crippen LogP contribution in [0, 0.1) is 0 Å². The van der Waals surface area contributed by atoms with Crippen LogP contribution in [-0.4, -0.2) is 10.5 Å². The Morgan fingerprint density at radius 2 is 1.64 bits per heavy atom. The van der Waals surface area contributed by atoms with Crippen LogP contribution >= 0.6 is 15.9 Å². The number of nitrogens with zero attached hydrogens (tertiary/aromatic N) is 1. The van der Waals surface area contributed by atoms with Crippen molar-refractivity contribution in [2.45, 2.75) is 13.5 Å². The molecule has 4 heteroatoms. The molecule has 25 heavy (non-hydrogen) atoms. The number of amides is 1. The summed E-state index contributed by atoms with van der Waals surface area (Å²) in [5.41, 5.74) is 4.42. The van der Waals surface area contributed by atoms with Crippen LogP contribution in [0.2, 0.25) is 0 Å². The zero-order valence-electron chi connectivity index (χ0n) is 13.8. The van der Waals surface area contributed by atoms with Gasteiger partial charge in [0.15, 0.2) is 0 Å². The fraction of sp³-hybridized carbons (Fsp3) is 0.0952. The molecule has 124 valence electrons. The van der Waals surface area contributed by atoms with E-state index in [9.17, 15) is 4.79 Å². The van der Waals surface area contributed by atoms with Crippen LogP contribution in [0.25, 0.3) is 21.8 Å². The minimum absolute atomic E-state index is 0.0615. The highest BCUT2D eigenvalue weighted by molar-refractivity contribution is 9.10. The van der Waals surface area contributed by atoms with Crippen molar-refractivity contribution in [2.24, 2.45) is 0 Å². The predicted octanol–water partition coefficient (Wildman–Crippen LogP) is 5.56. The molecule has 4 aromatic rings. The lowest BCUT2D eigenvalue weighted by Gasteiger charge is -2.08. The minimum atomic E-state index is -0.0615. The van der Waals surface area contributed by atoms with Gasteiger partial charge < -0.3 is 9.88 Å². The summed E-state index contributed by atoms with van der Waals surface area (Å²) in [5, 5.41) is 5.19. The number of aromatic nitrogens is 1. The molecule has 0 unspecified atom stereocenters. The first kappa shape index (κ1) is 15.9. The molecule has 0 radical (unpaired) electrons. The van der Waals surface area contributed by atoms with Crippen LogP contribution in [-0.2, 0) is 11.3 Å². The van der Waals surface area contributed by atoms with E-state index >= 15 is 0 Å². The van der Waals surface area contributed by atoms with Crippen LogP contribution in [0.5, 0.6) is 0 Å². The van der Waals surface area contributed by atoms with Gasteiger partial charge in [-0.3, -0.25) is 4.79 Å².